The number of pyridine rings is 1. The summed E-state index contributed by atoms with van der Waals surface area (Å²) in [4.78, 5) is 16.4. The first kappa shape index (κ1) is 30.3. The Morgan fingerprint density at radius 1 is 1.21 bits per heavy atom. The highest BCUT2D eigenvalue weighted by atomic mass is 33.1. The number of rotatable bonds is 19. The lowest BCUT2D eigenvalue weighted by atomic mass is 10.2. The average Bonchev–Trinajstić information content (AvgIpc) is 2.78. The summed E-state index contributed by atoms with van der Waals surface area (Å²) in [6, 6.07) is 8.42. The molecular formula is C23H38N3O4PS2. The molecule has 0 saturated heterocycles. The standard InChI is InChI=1S/C23H38N3O4PS2/c1-6-22(30-31(29-15-9-13-24)26(19(2)3)20(4)5)18-28-16-11-21(27)12-17-32-33-23-10-7-8-14-25-23/h7-8,10,14,19-20,22H,6,9,11-12,15-18H2,1-5H3. The summed E-state index contributed by atoms with van der Waals surface area (Å²) in [6.07, 6.45) is 3.68. The molecule has 0 amide bonds. The number of hydrogen-bond acceptors (Lipinski definition) is 9. The van der Waals surface area contributed by atoms with Crippen LogP contribution in [0.3, 0.4) is 0 Å². The lowest BCUT2D eigenvalue weighted by Gasteiger charge is -2.37. The van der Waals surface area contributed by atoms with E-state index in [0.717, 1.165) is 17.2 Å². The summed E-state index contributed by atoms with van der Waals surface area (Å²) in [5.41, 5.74) is 0. The van der Waals surface area contributed by atoms with Crippen molar-refractivity contribution in [3.63, 3.8) is 0 Å². The van der Waals surface area contributed by atoms with Crippen LogP contribution in [0.5, 0.6) is 0 Å². The first-order valence-electron chi connectivity index (χ1n) is 11.4. The largest absolute Gasteiger partial charge is 0.378 e. The first-order valence-corrected chi connectivity index (χ1v) is 14.9. The van der Waals surface area contributed by atoms with E-state index in [0.29, 0.717) is 39.1 Å². The van der Waals surface area contributed by atoms with Crippen LogP contribution in [0.2, 0.25) is 0 Å². The van der Waals surface area contributed by atoms with Gasteiger partial charge in [0.15, 0.2) is 0 Å². The van der Waals surface area contributed by atoms with E-state index in [9.17, 15) is 4.79 Å². The minimum atomic E-state index is -1.30. The van der Waals surface area contributed by atoms with Gasteiger partial charge in [0, 0.05) is 36.9 Å². The second-order valence-corrected chi connectivity index (χ2v) is 11.7. The summed E-state index contributed by atoms with van der Waals surface area (Å²) >= 11 is 0. The number of ketones is 1. The van der Waals surface area contributed by atoms with E-state index in [4.69, 9.17) is 19.0 Å². The fourth-order valence-electron chi connectivity index (χ4n) is 2.82. The number of carbonyl (C=O) groups is 1. The van der Waals surface area contributed by atoms with Crippen molar-refractivity contribution in [1.82, 2.24) is 9.65 Å². The van der Waals surface area contributed by atoms with E-state index in [1.165, 1.54) is 0 Å². The molecule has 10 heteroatoms. The second kappa shape index (κ2) is 18.6. The summed E-state index contributed by atoms with van der Waals surface area (Å²) in [5.74, 6) is 0.955. The van der Waals surface area contributed by atoms with Crippen molar-refractivity contribution in [1.29, 1.82) is 5.26 Å². The van der Waals surface area contributed by atoms with E-state index >= 15 is 0 Å². The van der Waals surface area contributed by atoms with Gasteiger partial charge in [0.2, 0.25) is 0 Å². The minimum absolute atomic E-state index is 0.126. The van der Waals surface area contributed by atoms with Gasteiger partial charge < -0.3 is 13.8 Å². The SMILES string of the molecule is CCC(COCCC(=O)CCSSc1ccccn1)OP(OCCC#N)N(C(C)C)C(C)C. The van der Waals surface area contributed by atoms with E-state index in [2.05, 4.69) is 43.4 Å². The molecule has 186 valence electrons. The predicted molar refractivity (Wildman–Crippen MR) is 138 cm³/mol. The lowest BCUT2D eigenvalue weighted by Crippen LogP contribution is -2.35. The van der Waals surface area contributed by atoms with Gasteiger partial charge in [-0.05, 0) is 57.0 Å². The third-order valence-electron chi connectivity index (χ3n) is 4.43. The molecule has 0 saturated carbocycles. The van der Waals surface area contributed by atoms with Crippen LogP contribution in [0.15, 0.2) is 29.4 Å². The highest BCUT2D eigenvalue weighted by Crippen LogP contribution is 2.47. The molecule has 0 bridgehead atoms. The Balaban J connectivity index is 2.35. The Morgan fingerprint density at radius 3 is 2.58 bits per heavy atom. The zero-order valence-corrected chi connectivity index (χ0v) is 23.0. The smallest absolute Gasteiger partial charge is 0.259 e. The predicted octanol–water partition coefficient (Wildman–Crippen LogP) is 6.26. The van der Waals surface area contributed by atoms with Gasteiger partial charge in [-0.25, -0.2) is 9.65 Å². The van der Waals surface area contributed by atoms with Crippen molar-refractivity contribution in [2.24, 2.45) is 0 Å². The number of aromatic nitrogens is 1. The number of Topliss-reactive ketones (excluding diaryl/α,β-unsaturated/α-hetero) is 1. The molecule has 2 atom stereocenters. The summed E-state index contributed by atoms with van der Waals surface area (Å²) in [7, 11) is 1.93. The highest BCUT2D eigenvalue weighted by molar-refractivity contribution is 8.76. The van der Waals surface area contributed by atoms with Crippen LogP contribution in [0, 0.1) is 11.3 Å². The average molecular weight is 516 g/mol. The van der Waals surface area contributed by atoms with Crippen molar-refractivity contribution >= 4 is 35.9 Å². The van der Waals surface area contributed by atoms with Gasteiger partial charge >= 0.3 is 0 Å². The molecule has 0 radical (unpaired) electrons. The number of nitriles is 1. The third kappa shape index (κ3) is 13.7. The third-order valence-corrected chi connectivity index (χ3v) is 8.88. The molecule has 0 spiro atoms. The van der Waals surface area contributed by atoms with Crippen LogP contribution in [-0.4, -0.2) is 59.2 Å². The molecule has 33 heavy (non-hydrogen) atoms. The molecule has 7 nitrogen and oxygen atoms in total. The second-order valence-electron chi connectivity index (χ2n) is 7.87. The number of hydrogen-bond donors (Lipinski definition) is 0. The topological polar surface area (TPSA) is 84.7 Å². The summed E-state index contributed by atoms with van der Waals surface area (Å²) in [6.45, 7) is 11.7. The van der Waals surface area contributed by atoms with Crippen molar-refractivity contribution in [3.05, 3.63) is 24.4 Å². The fourth-order valence-corrected chi connectivity index (χ4v) is 6.51. The van der Waals surface area contributed by atoms with Crippen molar-refractivity contribution in [3.8, 4) is 6.07 Å². The Kier molecular flexibility index (Phi) is 17.1. The van der Waals surface area contributed by atoms with E-state index in [1.54, 1.807) is 27.8 Å². The summed E-state index contributed by atoms with van der Waals surface area (Å²) in [5, 5.41) is 9.80. The molecule has 1 aromatic heterocycles. The Bertz CT molecular complexity index is 684. The van der Waals surface area contributed by atoms with Crippen LogP contribution in [-0.2, 0) is 18.6 Å². The van der Waals surface area contributed by atoms with Crippen LogP contribution in [0.4, 0.5) is 0 Å². The van der Waals surface area contributed by atoms with Gasteiger partial charge in [-0.1, -0.05) is 23.8 Å². The maximum Gasteiger partial charge on any atom is 0.259 e. The van der Waals surface area contributed by atoms with Gasteiger partial charge in [0.1, 0.15) is 10.8 Å². The maximum absolute atomic E-state index is 12.1. The van der Waals surface area contributed by atoms with Crippen molar-refractivity contribution < 1.29 is 18.6 Å². The molecule has 0 fully saturated rings. The molecule has 0 aliphatic carbocycles. The quantitative estimate of drug-likeness (QED) is 0.120. The molecule has 0 aromatic carbocycles. The normalized spacial score (nSPS) is 13.4. The van der Waals surface area contributed by atoms with Crippen molar-refractivity contribution in [2.45, 2.75) is 83.5 Å². The monoisotopic (exact) mass is 515 g/mol. The van der Waals surface area contributed by atoms with Crippen LogP contribution in [0.25, 0.3) is 0 Å². The number of ether oxygens (including phenoxy) is 1. The van der Waals surface area contributed by atoms with Crippen molar-refractivity contribution in [2.75, 3.05) is 25.6 Å². The van der Waals surface area contributed by atoms with Crippen LogP contribution >= 0.6 is 30.1 Å². The molecule has 1 heterocycles. The van der Waals surface area contributed by atoms with Gasteiger partial charge in [0.25, 0.3) is 8.53 Å². The minimum Gasteiger partial charge on any atom is -0.378 e. The molecule has 2 unspecified atom stereocenters. The molecular weight excluding hydrogens is 477 g/mol. The first-order chi connectivity index (χ1) is 15.9. The van der Waals surface area contributed by atoms with E-state index in [-0.39, 0.29) is 24.0 Å². The molecule has 1 rings (SSSR count). The maximum atomic E-state index is 12.1. The van der Waals surface area contributed by atoms with E-state index in [1.807, 2.05) is 25.1 Å². The molecule has 0 aliphatic heterocycles. The van der Waals surface area contributed by atoms with Gasteiger partial charge in [-0.2, -0.15) is 5.26 Å². The molecule has 0 aliphatic rings. The number of carbonyl (C=O) groups excluding carboxylic acids is 1. The fraction of sp³-hybridized carbons (Fsp3) is 0.696. The highest BCUT2D eigenvalue weighted by Gasteiger charge is 2.29. The van der Waals surface area contributed by atoms with Gasteiger partial charge in [0.05, 0.1) is 38.4 Å². The zero-order chi connectivity index (χ0) is 24.5. The Morgan fingerprint density at radius 2 is 1.97 bits per heavy atom. The van der Waals surface area contributed by atoms with E-state index < -0.39 is 8.53 Å². The molecule has 1 aromatic rings. The van der Waals surface area contributed by atoms with Gasteiger partial charge in [-0.3, -0.25) is 4.79 Å². The Hall–Kier alpha value is -0.720. The lowest BCUT2D eigenvalue weighted by molar-refractivity contribution is -0.120. The van der Waals surface area contributed by atoms with Crippen LogP contribution < -0.4 is 0 Å². The zero-order valence-electron chi connectivity index (χ0n) is 20.4. The molecule has 0 N–H and O–H groups in total. The summed E-state index contributed by atoms with van der Waals surface area (Å²) < 4.78 is 20.2. The van der Waals surface area contributed by atoms with Crippen LogP contribution in [0.1, 0.15) is 60.3 Å². The van der Waals surface area contributed by atoms with Gasteiger partial charge in [-0.15, -0.1) is 0 Å². The number of nitrogens with zero attached hydrogens (tertiary/aromatic N) is 3. The Labute approximate surface area is 208 Å².